The first-order valence-electron chi connectivity index (χ1n) is 8.02. The number of aliphatic hydroxyl groups is 1. The molecule has 1 aliphatic heterocycles. The highest BCUT2D eigenvalue weighted by molar-refractivity contribution is 7.13. The maximum Gasteiger partial charge on any atom is 0.458 e. The summed E-state index contributed by atoms with van der Waals surface area (Å²) in [6.45, 7) is 0. The third-order valence-electron chi connectivity index (χ3n) is 4.20. The van der Waals surface area contributed by atoms with Crippen molar-refractivity contribution >= 4 is 17.0 Å². The highest BCUT2D eigenvalue weighted by Crippen LogP contribution is 2.39. The van der Waals surface area contributed by atoms with Gasteiger partial charge in [0, 0.05) is 16.5 Å². The second kappa shape index (κ2) is 6.47. The van der Waals surface area contributed by atoms with Crippen LogP contribution >= 0.6 is 11.3 Å². The number of hydrogen-bond donors (Lipinski definition) is 1. The van der Waals surface area contributed by atoms with Crippen LogP contribution in [0.15, 0.2) is 65.1 Å². The molecule has 0 saturated heterocycles. The van der Waals surface area contributed by atoms with Gasteiger partial charge in [0.05, 0.1) is 17.8 Å². The Morgan fingerprint density at radius 1 is 0.963 bits per heavy atom. The summed E-state index contributed by atoms with van der Waals surface area (Å²) in [6, 6.07) is 16.6. The summed E-state index contributed by atoms with van der Waals surface area (Å²) in [5.74, 6) is -3.26. The van der Waals surface area contributed by atoms with E-state index in [9.17, 15) is 18.3 Å². The highest BCUT2D eigenvalue weighted by atomic mass is 32.1. The second-order valence-electron chi connectivity index (χ2n) is 6.07. The van der Waals surface area contributed by atoms with E-state index in [1.807, 2.05) is 35.7 Å². The van der Waals surface area contributed by atoms with Crippen molar-refractivity contribution in [3.8, 4) is 21.8 Å². The number of rotatable bonds is 3. The predicted molar refractivity (Wildman–Crippen MR) is 96.2 cm³/mol. The van der Waals surface area contributed by atoms with Crippen LogP contribution < -0.4 is 0 Å². The molecule has 138 valence electrons. The van der Waals surface area contributed by atoms with Gasteiger partial charge in [-0.15, -0.1) is 11.3 Å². The lowest BCUT2D eigenvalue weighted by Gasteiger charge is -2.22. The molecule has 1 atom stereocenters. The molecule has 8 heteroatoms. The fraction of sp³-hybridized carbons (Fsp3) is 0.158. The number of hydrogen-bond acceptors (Lipinski definition) is 5. The van der Waals surface area contributed by atoms with E-state index >= 15 is 0 Å². The van der Waals surface area contributed by atoms with Crippen molar-refractivity contribution in [2.45, 2.75) is 18.4 Å². The largest absolute Gasteiger partial charge is 0.458 e. The molecule has 1 aromatic heterocycles. The van der Waals surface area contributed by atoms with Crippen LogP contribution in [0, 0.1) is 0 Å². The zero-order chi connectivity index (χ0) is 19.1. The van der Waals surface area contributed by atoms with Crippen LogP contribution in [-0.4, -0.2) is 27.8 Å². The summed E-state index contributed by atoms with van der Waals surface area (Å²) < 4.78 is 38.4. The van der Waals surface area contributed by atoms with E-state index in [-0.39, 0.29) is 5.71 Å². The fourth-order valence-corrected chi connectivity index (χ4v) is 3.52. The van der Waals surface area contributed by atoms with Crippen molar-refractivity contribution in [3.63, 3.8) is 0 Å². The van der Waals surface area contributed by atoms with Crippen LogP contribution in [0.4, 0.5) is 13.2 Å². The minimum absolute atomic E-state index is 0.0467. The standard InChI is InChI=1S/C19H13F3N2O2S/c20-19(21,22)18(25)10-15(24-26-18)13-6-8-14(9-7-13)17-23-16(11-27-17)12-4-2-1-3-5-12/h1-9,11,25H,10H2. The topological polar surface area (TPSA) is 54.7 Å². The molecule has 1 N–H and O–H groups in total. The number of thiazole rings is 1. The molecule has 0 amide bonds. The third-order valence-corrected chi connectivity index (χ3v) is 5.09. The molecule has 2 aromatic carbocycles. The zero-order valence-electron chi connectivity index (χ0n) is 13.8. The quantitative estimate of drug-likeness (QED) is 0.695. The minimum Gasteiger partial charge on any atom is -0.350 e. The molecule has 1 aliphatic rings. The molecular weight excluding hydrogens is 377 g/mol. The Labute approximate surface area is 156 Å². The van der Waals surface area contributed by atoms with Gasteiger partial charge in [0.1, 0.15) is 5.01 Å². The van der Waals surface area contributed by atoms with Gasteiger partial charge < -0.3 is 9.94 Å². The van der Waals surface area contributed by atoms with Crippen molar-refractivity contribution in [3.05, 3.63) is 65.5 Å². The molecule has 0 fully saturated rings. The molecule has 2 heterocycles. The number of alkyl halides is 3. The predicted octanol–water partition coefficient (Wildman–Crippen LogP) is 4.85. The van der Waals surface area contributed by atoms with Crippen LogP contribution in [0.1, 0.15) is 12.0 Å². The Kier molecular flexibility index (Phi) is 4.24. The number of benzene rings is 2. The van der Waals surface area contributed by atoms with Gasteiger partial charge in [-0.3, -0.25) is 0 Å². The van der Waals surface area contributed by atoms with Crippen molar-refractivity contribution in [2.24, 2.45) is 5.16 Å². The minimum atomic E-state index is -4.91. The molecule has 0 saturated carbocycles. The van der Waals surface area contributed by atoms with Gasteiger partial charge in [-0.2, -0.15) is 13.2 Å². The van der Waals surface area contributed by atoms with Gasteiger partial charge in [-0.25, -0.2) is 4.98 Å². The van der Waals surface area contributed by atoms with Gasteiger partial charge in [0.2, 0.25) is 0 Å². The van der Waals surface area contributed by atoms with Gasteiger partial charge in [0.15, 0.2) is 0 Å². The molecule has 3 aromatic rings. The Bertz CT molecular complexity index is 984. The van der Waals surface area contributed by atoms with Crippen molar-refractivity contribution in [2.75, 3.05) is 0 Å². The van der Waals surface area contributed by atoms with Crippen LogP contribution in [0.25, 0.3) is 21.8 Å². The first-order valence-corrected chi connectivity index (χ1v) is 8.90. The highest BCUT2D eigenvalue weighted by Gasteiger charge is 2.60. The van der Waals surface area contributed by atoms with Gasteiger partial charge >= 0.3 is 12.0 Å². The Morgan fingerprint density at radius 3 is 2.26 bits per heavy atom. The molecule has 27 heavy (non-hydrogen) atoms. The molecule has 4 nitrogen and oxygen atoms in total. The Morgan fingerprint density at radius 2 is 1.63 bits per heavy atom. The lowest BCUT2D eigenvalue weighted by molar-refractivity contribution is -0.355. The average Bonchev–Trinajstić information content (AvgIpc) is 3.30. The van der Waals surface area contributed by atoms with E-state index in [1.165, 1.54) is 11.3 Å². The summed E-state index contributed by atoms with van der Waals surface area (Å²) in [5, 5.41) is 15.7. The molecule has 0 spiro atoms. The average molecular weight is 390 g/mol. The summed E-state index contributed by atoms with van der Waals surface area (Å²) in [4.78, 5) is 8.86. The number of aromatic nitrogens is 1. The second-order valence-corrected chi connectivity index (χ2v) is 6.93. The van der Waals surface area contributed by atoms with Crippen molar-refractivity contribution in [1.82, 2.24) is 4.98 Å². The van der Waals surface area contributed by atoms with E-state index in [4.69, 9.17) is 0 Å². The Hall–Kier alpha value is -2.71. The molecule has 0 radical (unpaired) electrons. The van der Waals surface area contributed by atoms with Crippen LogP contribution in [0.2, 0.25) is 0 Å². The van der Waals surface area contributed by atoms with E-state index in [2.05, 4.69) is 15.0 Å². The lowest BCUT2D eigenvalue weighted by atomic mass is 10.0. The van der Waals surface area contributed by atoms with Crippen LogP contribution in [0.3, 0.4) is 0 Å². The number of oxime groups is 1. The van der Waals surface area contributed by atoms with Crippen LogP contribution in [0.5, 0.6) is 0 Å². The Balaban J connectivity index is 1.53. The smallest absolute Gasteiger partial charge is 0.350 e. The fourth-order valence-electron chi connectivity index (χ4n) is 2.68. The SMILES string of the molecule is OC1(C(F)(F)F)CC(c2ccc(-c3nc(-c4ccccc4)cs3)cc2)=NO1. The monoisotopic (exact) mass is 390 g/mol. The summed E-state index contributed by atoms with van der Waals surface area (Å²) in [6.07, 6.45) is -5.65. The molecule has 4 rings (SSSR count). The van der Waals surface area contributed by atoms with Crippen molar-refractivity contribution in [1.29, 1.82) is 0 Å². The van der Waals surface area contributed by atoms with Gasteiger partial charge in [-0.05, 0) is 5.56 Å². The molecule has 1 unspecified atom stereocenters. The first-order chi connectivity index (χ1) is 12.9. The third kappa shape index (κ3) is 3.33. The van der Waals surface area contributed by atoms with E-state index in [0.29, 0.717) is 5.56 Å². The molecule has 0 aliphatic carbocycles. The first kappa shape index (κ1) is 17.7. The summed E-state index contributed by atoms with van der Waals surface area (Å²) in [5.41, 5.74) is 3.23. The molecule has 0 bridgehead atoms. The van der Waals surface area contributed by atoms with E-state index in [0.717, 1.165) is 21.8 Å². The maximum atomic E-state index is 12.8. The normalized spacial score (nSPS) is 19.6. The van der Waals surface area contributed by atoms with Gasteiger partial charge in [0.25, 0.3) is 0 Å². The molecular formula is C19H13F3N2O2S. The zero-order valence-corrected chi connectivity index (χ0v) is 14.6. The lowest BCUT2D eigenvalue weighted by Crippen LogP contribution is -2.45. The van der Waals surface area contributed by atoms with Gasteiger partial charge in [-0.1, -0.05) is 59.8 Å². The van der Waals surface area contributed by atoms with E-state index < -0.39 is 18.4 Å². The summed E-state index contributed by atoms with van der Waals surface area (Å²) in [7, 11) is 0. The number of halogens is 3. The maximum absolute atomic E-state index is 12.8. The number of nitrogens with zero attached hydrogens (tertiary/aromatic N) is 2. The van der Waals surface area contributed by atoms with Crippen LogP contribution in [-0.2, 0) is 4.84 Å². The van der Waals surface area contributed by atoms with Crippen molar-refractivity contribution < 1.29 is 23.1 Å². The summed E-state index contributed by atoms with van der Waals surface area (Å²) >= 11 is 1.48. The van der Waals surface area contributed by atoms with E-state index in [1.54, 1.807) is 24.3 Å².